The second-order valence-electron chi connectivity index (χ2n) is 7.56. The topological polar surface area (TPSA) is 69.0 Å². The molecule has 150 valence electrons. The predicted molar refractivity (Wildman–Crippen MR) is 104 cm³/mol. The number of nitrogens with zero attached hydrogens (tertiary/aromatic N) is 1. The van der Waals surface area contributed by atoms with E-state index in [1.54, 1.807) is 4.90 Å². The van der Waals surface area contributed by atoms with Crippen LogP contribution < -0.4 is 4.74 Å². The van der Waals surface area contributed by atoms with E-state index in [1.807, 2.05) is 25.1 Å². The molecule has 2 aromatic rings. The molecule has 4 rings (SSSR count). The Kier molecular flexibility index (Phi) is 5.55. The van der Waals surface area contributed by atoms with Crippen LogP contribution in [0.1, 0.15) is 43.9 Å². The monoisotopic (exact) mass is 385 g/mol. The highest BCUT2D eigenvalue weighted by atomic mass is 16.5. The summed E-state index contributed by atoms with van der Waals surface area (Å²) in [7, 11) is 0. The van der Waals surface area contributed by atoms with Crippen LogP contribution in [0.5, 0.6) is 5.75 Å². The van der Waals surface area contributed by atoms with Crippen molar-refractivity contribution in [3.8, 4) is 5.75 Å². The highest BCUT2D eigenvalue weighted by Gasteiger charge is 2.28. The molecule has 0 N–H and O–H groups in total. The SMILES string of the molecule is CCOC(=O)C1CCN(C(=O)COc2ccc3oc4c(c3c2)CCCC4)CC1. The third kappa shape index (κ3) is 3.86. The molecule has 2 heterocycles. The maximum atomic E-state index is 12.5. The number of amides is 1. The number of esters is 1. The average molecular weight is 385 g/mol. The fourth-order valence-electron chi connectivity index (χ4n) is 4.19. The lowest BCUT2D eigenvalue weighted by Crippen LogP contribution is -2.42. The maximum Gasteiger partial charge on any atom is 0.309 e. The number of aryl methyl sites for hydroxylation is 2. The Morgan fingerprint density at radius 2 is 1.96 bits per heavy atom. The summed E-state index contributed by atoms with van der Waals surface area (Å²) < 4.78 is 16.8. The van der Waals surface area contributed by atoms with Gasteiger partial charge in [0, 0.05) is 30.5 Å². The average Bonchev–Trinajstić information content (AvgIpc) is 3.10. The van der Waals surface area contributed by atoms with Crippen molar-refractivity contribution in [1.82, 2.24) is 4.90 Å². The van der Waals surface area contributed by atoms with E-state index >= 15 is 0 Å². The smallest absolute Gasteiger partial charge is 0.309 e. The first kappa shape index (κ1) is 18.8. The van der Waals surface area contributed by atoms with E-state index < -0.39 is 0 Å². The summed E-state index contributed by atoms with van der Waals surface area (Å²) >= 11 is 0. The van der Waals surface area contributed by atoms with Crippen LogP contribution in [-0.4, -0.2) is 43.1 Å². The van der Waals surface area contributed by atoms with Crippen LogP contribution in [0.25, 0.3) is 11.0 Å². The van der Waals surface area contributed by atoms with Gasteiger partial charge in [0.1, 0.15) is 17.1 Å². The van der Waals surface area contributed by atoms with Crippen LogP contribution >= 0.6 is 0 Å². The third-order valence-corrected chi connectivity index (χ3v) is 5.76. The van der Waals surface area contributed by atoms with Gasteiger partial charge in [0.2, 0.25) is 0 Å². The van der Waals surface area contributed by atoms with Gasteiger partial charge in [-0.05, 0) is 57.2 Å². The standard InChI is InChI=1S/C22H27NO5/c1-2-26-22(25)15-9-11-23(12-10-15)21(24)14-27-16-7-8-20-18(13-16)17-5-3-4-6-19(17)28-20/h7-8,13,15H,2-6,9-12,14H2,1H3. The summed E-state index contributed by atoms with van der Waals surface area (Å²) in [6.45, 7) is 3.36. The van der Waals surface area contributed by atoms with E-state index in [0.717, 1.165) is 29.6 Å². The first-order valence-corrected chi connectivity index (χ1v) is 10.3. The van der Waals surface area contributed by atoms with Crippen molar-refractivity contribution < 1.29 is 23.5 Å². The lowest BCUT2D eigenvalue weighted by atomic mass is 9.96. The first-order chi connectivity index (χ1) is 13.7. The summed E-state index contributed by atoms with van der Waals surface area (Å²) in [5, 5.41) is 1.11. The fourth-order valence-corrected chi connectivity index (χ4v) is 4.19. The van der Waals surface area contributed by atoms with Crippen molar-refractivity contribution in [2.75, 3.05) is 26.3 Å². The Bertz CT molecular complexity index is 863. The minimum absolute atomic E-state index is 0.00955. The fraction of sp³-hybridized carbons (Fsp3) is 0.545. The van der Waals surface area contributed by atoms with Crippen molar-refractivity contribution in [2.45, 2.75) is 45.4 Å². The molecular weight excluding hydrogens is 358 g/mol. The zero-order valence-electron chi connectivity index (χ0n) is 16.4. The number of ether oxygens (including phenoxy) is 2. The molecule has 1 aromatic heterocycles. The van der Waals surface area contributed by atoms with Crippen LogP contribution in [0.3, 0.4) is 0 Å². The molecule has 6 nitrogen and oxygen atoms in total. The van der Waals surface area contributed by atoms with Crippen LogP contribution in [0.15, 0.2) is 22.6 Å². The quantitative estimate of drug-likeness (QED) is 0.737. The highest BCUT2D eigenvalue weighted by Crippen LogP contribution is 2.34. The summed E-state index contributed by atoms with van der Waals surface area (Å²) in [4.78, 5) is 26.1. The number of hydrogen-bond donors (Lipinski definition) is 0. The van der Waals surface area contributed by atoms with Crippen LogP contribution in [0, 0.1) is 5.92 Å². The number of likely N-dealkylation sites (tertiary alicyclic amines) is 1. The zero-order chi connectivity index (χ0) is 19.5. The molecule has 0 saturated carbocycles. The summed E-state index contributed by atoms with van der Waals surface area (Å²) in [6, 6.07) is 5.78. The molecule has 6 heteroatoms. The molecule has 1 aliphatic carbocycles. The van der Waals surface area contributed by atoms with Crippen LogP contribution in [0.2, 0.25) is 0 Å². The van der Waals surface area contributed by atoms with Gasteiger partial charge in [-0.15, -0.1) is 0 Å². The molecule has 0 bridgehead atoms. The summed E-state index contributed by atoms with van der Waals surface area (Å²) in [5.74, 6) is 1.49. The molecule has 1 saturated heterocycles. The van der Waals surface area contributed by atoms with Crippen molar-refractivity contribution in [2.24, 2.45) is 5.92 Å². The number of rotatable bonds is 5. The second-order valence-corrected chi connectivity index (χ2v) is 7.56. The van der Waals surface area contributed by atoms with Crippen LogP contribution in [0.4, 0.5) is 0 Å². The van der Waals surface area contributed by atoms with Gasteiger partial charge in [-0.25, -0.2) is 0 Å². The van der Waals surface area contributed by atoms with E-state index in [2.05, 4.69) is 0 Å². The van der Waals surface area contributed by atoms with Crippen molar-refractivity contribution in [1.29, 1.82) is 0 Å². The van der Waals surface area contributed by atoms with E-state index in [4.69, 9.17) is 13.9 Å². The van der Waals surface area contributed by atoms with Gasteiger partial charge in [0.05, 0.1) is 12.5 Å². The Hall–Kier alpha value is -2.50. The van der Waals surface area contributed by atoms with Gasteiger partial charge in [0.25, 0.3) is 5.91 Å². The number of fused-ring (bicyclic) bond motifs is 3. The molecule has 1 fully saturated rings. The zero-order valence-corrected chi connectivity index (χ0v) is 16.4. The summed E-state index contributed by atoms with van der Waals surface area (Å²) in [6.07, 6.45) is 5.71. The number of benzene rings is 1. The summed E-state index contributed by atoms with van der Waals surface area (Å²) in [5.41, 5.74) is 2.19. The molecule has 0 spiro atoms. The van der Waals surface area contributed by atoms with Gasteiger partial charge < -0.3 is 18.8 Å². The van der Waals surface area contributed by atoms with Crippen molar-refractivity contribution >= 4 is 22.8 Å². The Morgan fingerprint density at radius 1 is 1.18 bits per heavy atom. The first-order valence-electron chi connectivity index (χ1n) is 10.3. The lowest BCUT2D eigenvalue weighted by Gasteiger charge is -2.30. The van der Waals surface area contributed by atoms with Crippen molar-refractivity contribution in [3.63, 3.8) is 0 Å². The molecule has 1 amide bonds. The third-order valence-electron chi connectivity index (χ3n) is 5.76. The molecule has 0 radical (unpaired) electrons. The molecule has 1 aromatic carbocycles. The predicted octanol–water partition coefficient (Wildman–Crippen LogP) is 3.49. The normalized spacial score (nSPS) is 17.4. The highest BCUT2D eigenvalue weighted by molar-refractivity contribution is 5.84. The Morgan fingerprint density at radius 3 is 2.75 bits per heavy atom. The molecule has 1 aliphatic heterocycles. The minimum atomic E-state index is -0.150. The van der Waals surface area contributed by atoms with E-state index in [9.17, 15) is 9.59 Å². The molecule has 28 heavy (non-hydrogen) atoms. The van der Waals surface area contributed by atoms with Gasteiger partial charge in [-0.1, -0.05) is 0 Å². The van der Waals surface area contributed by atoms with Gasteiger partial charge >= 0.3 is 5.97 Å². The number of piperidine rings is 1. The Labute approximate surface area is 164 Å². The lowest BCUT2D eigenvalue weighted by molar-refractivity contribution is -0.151. The van der Waals surface area contributed by atoms with E-state index in [-0.39, 0.29) is 24.4 Å². The molecular formula is C22H27NO5. The largest absolute Gasteiger partial charge is 0.484 e. The minimum Gasteiger partial charge on any atom is -0.484 e. The molecule has 0 atom stereocenters. The second kappa shape index (κ2) is 8.25. The van der Waals surface area contributed by atoms with Gasteiger partial charge in [-0.3, -0.25) is 9.59 Å². The van der Waals surface area contributed by atoms with Gasteiger partial charge in [0.15, 0.2) is 6.61 Å². The molecule has 2 aliphatic rings. The number of furan rings is 1. The van der Waals surface area contributed by atoms with Crippen molar-refractivity contribution in [3.05, 3.63) is 29.5 Å². The number of hydrogen-bond acceptors (Lipinski definition) is 5. The van der Waals surface area contributed by atoms with E-state index in [0.29, 0.717) is 38.3 Å². The Balaban J connectivity index is 1.33. The number of carbonyl (C=O) groups excluding carboxylic acids is 2. The van der Waals surface area contributed by atoms with Gasteiger partial charge in [-0.2, -0.15) is 0 Å². The maximum absolute atomic E-state index is 12.5. The van der Waals surface area contributed by atoms with Crippen LogP contribution in [-0.2, 0) is 27.2 Å². The molecule has 0 unspecified atom stereocenters. The van der Waals surface area contributed by atoms with E-state index in [1.165, 1.54) is 18.4 Å². The number of carbonyl (C=O) groups is 2.